The van der Waals surface area contributed by atoms with E-state index in [-0.39, 0.29) is 11.6 Å². The van der Waals surface area contributed by atoms with E-state index in [4.69, 9.17) is 0 Å². The van der Waals surface area contributed by atoms with Gasteiger partial charge in [0.25, 0.3) is 5.70 Å². The third-order valence-corrected chi connectivity index (χ3v) is 3.96. The van der Waals surface area contributed by atoms with Crippen LogP contribution in [0.4, 0.5) is 5.69 Å². The summed E-state index contributed by atoms with van der Waals surface area (Å²) in [5.41, 5.74) is 2.53. The molecular weight excluding hydrogens is 336 g/mol. The molecule has 8 nitrogen and oxygen atoms in total. The van der Waals surface area contributed by atoms with Gasteiger partial charge in [0.05, 0.1) is 23.9 Å². The molecule has 8 heteroatoms. The first-order valence-corrected chi connectivity index (χ1v) is 8.02. The molecule has 1 aliphatic rings. The number of aromatic nitrogens is 2. The van der Waals surface area contributed by atoms with Gasteiger partial charge in [-0.25, -0.2) is 9.78 Å². The summed E-state index contributed by atoms with van der Waals surface area (Å²) >= 11 is 0. The molecular formula is C18H18N4O4. The fourth-order valence-electron chi connectivity index (χ4n) is 2.69. The number of fused-ring (bicyclic) bond motifs is 1. The van der Waals surface area contributed by atoms with Crippen LogP contribution in [0.2, 0.25) is 0 Å². The largest absolute Gasteiger partial charge is 0.464 e. The molecule has 2 heterocycles. The zero-order valence-electron chi connectivity index (χ0n) is 14.4. The number of rotatable bonds is 5. The monoisotopic (exact) mass is 354 g/mol. The van der Waals surface area contributed by atoms with Crippen molar-refractivity contribution < 1.29 is 14.5 Å². The van der Waals surface area contributed by atoms with Crippen molar-refractivity contribution in [3.8, 4) is 0 Å². The number of pyridine rings is 1. The van der Waals surface area contributed by atoms with Crippen molar-refractivity contribution in [2.24, 2.45) is 5.92 Å². The first-order valence-electron chi connectivity index (χ1n) is 8.02. The second-order valence-electron chi connectivity index (χ2n) is 5.98. The van der Waals surface area contributed by atoms with E-state index in [1.165, 1.54) is 13.2 Å². The maximum Gasteiger partial charge on any atom is 0.354 e. The number of H-pyrrole nitrogens is 1. The van der Waals surface area contributed by atoms with Gasteiger partial charge in [-0.05, 0) is 23.6 Å². The minimum absolute atomic E-state index is 0.0596. The molecule has 1 unspecified atom stereocenters. The standard InChI is InChI=1S/C18H18N4O4/c1-11-3-4-15(22(24)25)6-12(5-11)9-19-14-7-13-8-16(18(23)26-2)21-17(13)20-10-14/h3-8,10-11,19H,9H2,1-2H3,(H,20,21). The quantitative estimate of drug-likeness (QED) is 0.485. The second kappa shape index (κ2) is 7.22. The minimum atomic E-state index is -0.458. The lowest BCUT2D eigenvalue weighted by molar-refractivity contribution is -0.419. The predicted octanol–water partition coefficient (Wildman–Crippen LogP) is 3.05. The smallest absolute Gasteiger partial charge is 0.354 e. The third-order valence-electron chi connectivity index (χ3n) is 3.96. The zero-order valence-corrected chi connectivity index (χ0v) is 14.4. The van der Waals surface area contributed by atoms with Crippen molar-refractivity contribution in [2.75, 3.05) is 19.0 Å². The number of carbonyl (C=O) groups excluding carboxylic acids is 1. The summed E-state index contributed by atoms with van der Waals surface area (Å²) in [6.07, 6.45) is 8.48. The highest BCUT2D eigenvalue weighted by atomic mass is 16.6. The highest BCUT2D eigenvalue weighted by molar-refractivity contribution is 5.94. The lowest BCUT2D eigenvalue weighted by Crippen LogP contribution is -2.06. The van der Waals surface area contributed by atoms with Gasteiger partial charge in [0.2, 0.25) is 0 Å². The van der Waals surface area contributed by atoms with Crippen LogP contribution in [0.5, 0.6) is 0 Å². The van der Waals surface area contributed by atoms with Crippen molar-refractivity contribution in [1.82, 2.24) is 9.97 Å². The van der Waals surface area contributed by atoms with Crippen LogP contribution in [0, 0.1) is 16.0 Å². The number of esters is 1. The number of anilines is 1. The first kappa shape index (κ1) is 17.4. The van der Waals surface area contributed by atoms with Crippen molar-refractivity contribution in [3.63, 3.8) is 0 Å². The summed E-state index contributed by atoms with van der Waals surface area (Å²) in [5.74, 6) is -0.353. The summed E-state index contributed by atoms with van der Waals surface area (Å²) in [6, 6.07) is 3.52. The fourth-order valence-corrected chi connectivity index (χ4v) is 2.69. The maximum atomic E-state index is 11.6. The SMILES string of the molecule is COC(=O)c1cc2cc(NCC3=CC(C)C=CC([N+](=O)[O-])=C3)cnc2[nH]1. The van der Waals surface area contributed by atoms with Crippen LogP contribution in [0.15, 0.2) is 53.9 Å². The number of allylic oxidation sites excluding steroid dienone is 3. The normalized spacial score (nSPS) is 16.6. The molecule has 0 fully saturated rings. The summed E-state index contributed by atoms with van der Waals surface area (Å²) in [7, 11) is 1.32. The summed E-state index contributed by atoms with van der Waals surface area (Å²) in [4.78, 5) is 29.4. The van der Waals surface area contributed by atoms with E-state index >= 15 is 0 Å². The number of hydrogen-bond acceptors (Lipinski definition) is 6. The van der Waals surface area contributed by atoms with Crippen molar-refractivity contribution in [2.45, 2.75) is 6.92 Å². The van der Waals surface area contributed by atoms with Gasteiger partial charge >= 0.3 is 5.97 Å². The molecule has 2 aromatic rings. The first-order chi connectivity index (χ1) is 12.5. The number of nitrogens with zero attached hydrogens (tertiary/aromatic N) is 2. The molecule has 2 N–H and O–H groups in total. The predicted molar refractivity (Wildman–Crippen MR) is 97.4 cm³/mol. The molecule has 0 bridgehead atoms. The van der Waals surface area contributed by atoms with Crippen LogP contribution in [0.25, 0.3) is 11.0 Å². The highest BCUT2D eigenvalue weighted by Crippen LogP contribution is 2.20. The number of nitrogens with one attached hydrogen (secondary N) is 2. The Morgan fingerprint density at radius 3 is 3.00 bits per heavy atom. The molecule has 0 amide bonds. The third kappa shape index (κ3) is 3.80. The van der Waals surface area contributed by atoms with Gasteiger partial charge in [0.15, 0.2) is 0 Å². The van der Waals surface area contributed by atoms with Gasteiger partial charge < -0.3 is 15.0 Å². The van der Waals surface area contributed by atoms with E-state index in [1.54, 1.807) is 24.4 Å². The van der Waals surface area contributed by atoms with E-state index in [9.17, 15) is 14.9 Å². The van der Waals surface area contributed by atoms with Crippen molar-refractivity contribution >= 4 is 22.7 Å². The molecule has 26 heavy (non-hydrogen) atoms. The number of carbonyl (C=O) groups is 1. The molecule has 0 saturated heterocycles. The van der Waals surface area contributed by atoms with Gasteiger partial charge in [-0.1, -0.05) is 19.1 Å². The number of aromatic amines is 1. The molecule has 1 aliphatic carbocycles. The van der Waals surface area contributed by atoms with Crippen LogP contribution in [0.1, 0.15) is 17.4 Å². The lowest BCUT2D eigenvalue weighted by Gasteiger charge is -2.08. The van der Waals surface area contributed by atoms with Crippen molar-refractivity contribution in [1.29, 1.82) is 0 Å². The van der Waals surface area contributed by atoms with Crippen LogP contribution in [-0.2, 0) is 4.74 Å². The Hall–Kier alpha value is -3.42. The molecule has 0 aromatic carbocycles. The molecule has 134 valence electrons. The average Bonchev–Trinajstić information content (AvgIpc) is 2.95. The summed E-state index contributed by atoms with van der Waals surface area (Å²) in [6.45, 7) is 2.39. The van der Waals surface area contributed by atoms with Gasteiger partial charge in [-0.2, -0.15) is 0 Å². The highest BCUT2D eigenvalue weighted by Gasteiger charge is 2.13. The molecule has 0 aliphatic heterocycles. The molecule has 0 spiro atoms. The maximum absolute atomic E-state index is 11.6. The Labute approximate surface area is 149 Å². The van der Waals surface area contributed by atoms with Crippen LogP contribution >= 0.6 is 0 Å². The number of ether oxygens (including phenoxy) is 1. The molecule has 3 rings (SSSR count). The van der Waals surface area contributed by atoms with E-state index in [2.05, 4.69) is 20.0 Å². The Morgan fingerprint density at radius 2 is 2.27 bits per heavy atom. The van der Waals surface area contributed by atoms with E-state index < -0.39 is 10.9 Å². The molecule has 0 radical (unpaired) electrons. The Bertz CT molecular complexity index is 955. The van der Waals surface area contributed by atoms with E-state index in [1.807, 2.05) is 19.1 Å². The fraction of sp³-hybridized carbons (Fsp3) is 0.222. The Kier molecular flexibility index (Phi) is 4.83. The van der Waals surface area contributed by atoms with Gasteiger partial charge in [-0.3, -0.25) is 10.1 Å². The van der Waals surface area contributed by atoms with Crippen LogP contribution in [-0.4, -0.2) is 34.5 Å². The summed E-state index contributed by atoms with van der Waals surface area (Å²) in [5, 5.41) is 15.0. The number of nitro groups is 1. The van der Waals surface area contributed by atoms with E-state index in [0.717, 1.165) is 16.6 Å². The molecule has 1 atom stereocenters. The Morgan fingerprint density at radius 1 is 1.46 bits per heavy atom. The topological polar surface area (TPSA) is 110 Å². The molecule has 2 aromatic heterocycles. The van der Waals surface area contributed by atoms with Gasteiger partial charge in [0.1, 0.15) is 11.3 Å². The second-order valence-corrected chi connectivity index (χ2v) is 5.98. The zero-order chi connectivity index (χ0) is 18.7. The summed E-state index contributed by atoms with van der Waals surface area (Å²) < 4.78 is 4.69. The lowest BCUT2D eigenvalue weighted by atomic mass is 10.1. The molecule has 0 saturated carbocycles. The Balaban J connectivity index is 1.77. The van der Waals surface area contributed by atoms with Gasteiger partial charge in [0, 0.05) is 24.1 Å². The minimum Gasteiger partial charge on any atom is -0.464 e. The number of methoxy groups -OCH3 is 1. The van der Waals surface area contributed by atoms with E-state index in [0.29, 0.717) is 17.9 Å². The average molecular weight is 354 g/mol. The van der Waals surface area contributed by atoms with Gasteiger partial charge in [-0.15, -0.1) is 0 Å². The van der Waals surface area contributed by atoms with Crippen molar-refractivity contribution in [3.05, 3.63) is 69.7 Å². The van der Waals surface area contributed by atoms with Crippen LogP contribution < -0.4 is 5.32 Å². The number of hydrogen-bond donors (Lipinski definition) is 2. The van der Waals surface area contributed by atoms with Crippen LogP contribution in [0.3, 0.4) is 0 Å².